The summed E-state index contributed by atoms with van der Waals surface area (Å²) in [6.45, 7) is 2.79. The number of hydrogen-bond donors (Lipinski definition) is 1. The summed E-state index contributed by atoms with van der Waals surface area (Å²) in [4.78, 5) is 38.2. The lowest BCUT2D eigenvalue weighted by Gasteiger charge is -2.41. The minimum Gasteiger partial charge on any atom is -0.465 e. The molecule has 0 aliphatic carbocycles. The van der Waals surface area contributed by atoms with Crippen molar-refractivity contribution in [1.29, 1.82) is 0 Å². The van der Waals surface area contributed by atoms with E-state index in [0.717, 1.165) is 0 Å². The van der Waals surface area contributed by atoms with Crippen molar-refractivity contribution in [2.24, 2.45) is 0 Å². The van der Waals surface area contributed by atoms with E-state index in [-0.39, 0.29) is 5.91 Å². The van der Waals surface area contributed by atoms with Crippen LogP contribution in [0.2, 0.25) is 0 Å². The van der Waals surface area contributed by atoms with Gasteiger partial charge in [-0.2, -0.15) is 0 Å². The van der Waals surface area contributed by atoms with Crippen molar-refractivity contribution in [1.82, 2.24) is 0 Å². The number of furan rings is 1. The molecule has 0 unspecified atom stereocenters. The second kappa shape index (κ2) is 6.87. The summed E-state index contributed by atoms with van der Waals surface area (Å²) < 4.78 is 10.1. The first-order chi connectivity index (χ1) is 12.4. The van der Waals surface area contributed by atoms with Gasteiger partial charge in [-0.05, 0) is 44.2 Å². The third-order valence-electron chi connectivity index (χ3n) is 4.02. The van der Waals surface area contributed by atoms with E-state index in [1.165, 1.54) is 23.3 Å². The monoisotopic (exact) mass is 354 g/mol. The van der Waals surface area contributed by atoms with Crippen LogP contribution in [0.5, 0.6) is 0 Å². The lowest BCUT2D eigenvalue weighted by Crippen LogP contribution is -2.59. The number of carbonyl (C=O) groups is 3. The number of benzene rings is 1. The minimum absolute atomic E-state index is 0.311. The fraction of sp³-hybridized carbons (Fsp3) is 0.211. The van der Waals surface area contributed by atoms with Crippen molar-refractivity contribution in [3.63, 3.8) is 0 Å². The van der Waals surface area contributed by atoms with Crippen LogP contribution in [0.25, 0.3) is 6.08 Å². The Labute approximate surface area is 150 Å². The molecule has 0 atom stereocenters. The third kappa shape index (κ3) is 3.37. The van der Waals surface area contributed by atoms with E-state index in [9.17, 15) is 14.4 Å². The van der Waals surface area contributed by atoms with Gasteiger partial charge in [0.25, 0.3) is 5.91 Å². The molecule has 2 aromatic rings. The number of esters is 1. The molecule has 3 rings (SSSR count). The maximum atomic E-state index is 12.7. The summed E-state index contributed by atoms with van der Waals surface area (Å²) >= 11 is 0. The summed E-state index contributed by atoms with van der Waals surface area (Å²) in [5.41, 5.74) is -0.0134. The highest BCUT2D eigenvalue weighted by Crippen LogP contribution is 2.36. The Hall–Kier alpha value is -3.35. The number of carbonyl (C=O) groups excluding carboxylic acids is 3. The predicted octanol–water partition coefficient (Wildman–Crippen LogP) is 2.60. The molecule has 2 amide bonds. The van der Waals surface area contributed by atoms with E-state index in [1.807, 2.05) is 0 Å². The molecule has 26 heavy (non-hydrogen) atoms. The van der Waals surface area contributed by atoms with Gasteiger partial charge in [0.15, 0.2) is 6.61 Å². The van der Waals surface area contributed by atoms with Crippen LogP contribution >= 0.6 is 0 Å². The van der Waals surface area contributed by atoms with E-state index in [0.29, 0.717) is 17.1 Å². The average molecular weight is 354 g/mol. The zero-order valence-corrected chi connectivity index (χ0v) is 14.4. The van der Waals surface area contributed by atoms with Crippen LogP contribution in [-0.4, -0.2) is 29.9 Å². The highest BCUT2D eigenvalue weighted by Gasteiger charge is 2.43. The summed E-state index contributed by atoms with van der Waals surface area (Å²) in [6, 6.07) is 10.3. The van der Waals surface area contributed by atoms with Crippen molar-refractivity contribution in [3.05, 3.63) is 54.5 Å². The van der Waals surface area contributed by atoms with Crippen LogP contribution in [0.1, 0.15) is 19.6 Å². The molecule has 2 heterocycles. The molecule has 1 aliphatic rings. The fourth-order valence-corrected chi connectivity index (χ4v) is 2.68. The molecule has 7 heteroatoms. The third-order valence-corrected chi connectivity index (χ3v) is 4.02. The zero-order valence-electron chi connectivity index (χ0n) is 14.4. The maximum Gasteiger partial charge on any atom is 0.331 e. The molecule has 1 aromatic carbocycles. The SMILES string of the molecule is CC1(C)C(=O)Nc2ccccc2N1C(=O)COC(=O)/C=C/c1ccco1. The molecule has 1 aliphatic heterocycles. The molecule has 0 fully saturated rings. The second-order valence-corrected chi connectivity index (χ2v) is 6.22. The first-order valence-corrected chi connectivity index (χ1v) is 8.01. The summed E-state index contributed by atoms with van der Waals surface area (Å²) in [5.74, 6) is -0.982. The lowest BCUT2D eigenvalue weighted by atomic mass is 9.96. The van der Waals surface area contributed by atoms with Gasteiger partial charge in [-0.25, -0.2) is 4.79 Å². The number of nitrogens with zero attached hydrogens (tertiary/aromatic N) is 1. The van der Waals surface area contributed by atoms with Crippen molar-refractivity contribution in [3.8, 4) is 0 Å². The Balaban J connectivity index is 1.72. The Bertz CT molecular complexity index is 868. The zero-order chi connectivity index (χ0) is 18.7. The number of anilines is 2. The van der Waals surface area contributed by atoms with Crippen LogP contribution < -0.4 is 10.2 Å². The summed E-state index contributed by atoms with van der Waals surface area (Å²) in [5, 5.41) is 2.77. The average Bonchev–Trinajstić information content (AvgIpc) is 3.12. The van der Waals surface area contributed by atoms with Gasteiger partial charge in [0.05, 0.1) is 17.6 Å². The quantitative estimate of drug-likeness (QED) is 0.673. The fourth-order valence-electron chi connectivity index (χ4n) is 2.68. The molecule has 1 aromatic heterocycles. The van der Waals surface area contributed by atoms with Crippen LogP contribution in [0.3, 0.4) is 0 Å². The van der Waals surface area contributed by atoms with Gasteiger partial charge in [-0.3, -0.25) is 14.5 Å². The smallest absolute Gasteiger partial charge is 0.331 e. The van der Waals surface area contributed by atoms with E-state index < -0.39 is 24.0 Å². The molecule has 0 spiro atoms. The second-order valence-electron chi connectivity index (χ2n) is 6.22. The van der Waals surface area contributed by atoms with E-state index in [4.69, 9.17) is 9.15 Å². The minimum atomic E-state index is -1.11. The summed E-state index contributed by atoms with van der Waals surface area (Å²) in [7, 11) is 0. The van der Waals surface area contributed by atoms with Crippen LogP contribution in [-0.2, 0) is 19.1 Å². The normalized spacial score (nSPS) is 15.5. The summed E-state index contributed by atoms with van der Waals surface area (Å²) in [6.07, 6.45) is 4.10. The number of hydrogen-bond acceptors (Lipinski definition) is 5. The van der Waals surface area contributed by atoms with Gasteiger partial charge in [0.2, 0.25) is 5.91 Å². The van der Waals surface area contributed by atoms with Gasteiger partial charge in [0, 0.05) is 6.08 Å². The molecule has 134 valence electrons. The van der Waals surface area contributed by atoms with Gasteiger partial charge < -0.3 is 14.5 Å². The topological polar surface area (TPSA) is 88.9 Å². The van der Waals surface area contributed by atoms with Gasteiger partial charge in [-0.1, -0.05) is 12.1 Å². The first-order valence-electron chi connectivity index (χ1n) is 8.01. The molecule has 1 N–H and O–H groups in total. The molecule has 7 nitrogen and oxygen atoms in total. The highest BCUT2D eigenvalue weighted by molar-refractivity contribution is 6.14. The predicted molar refractivity (Wildman–Crippen MR) is 95.3 cm³/mol. The number of rotatable bonds is 4. The Kier molecular flexibility index (Phi) is 4.62. The lowest BCUT2D eigenvalue weighted by molar-refractivity contribution is -0.143. The van der Waals surface area contributed by atoms with Gasteiger partial charge >= 0.3 is 5.97 Å². The molecule has 0 saturated carbocycles. The van der Waals surface area contributed by atoms with E-state index >= 15 is 0 Å². The first kappa shape index (κ1) is 17.5. The highest BCUT2D eigenvalue weighted by atomic mass is 16.5. The van der Waals surface area contributed by atoms with Crippen molar-refractivity contribution in [2.45, 2.75) is 19.4 Å². The Morgan fingerprint density at radius 1 is 1.23 bits per heavy atom. The number of para-hydroxylation sites is 2. The standard InChI is InChI=1S/C19H18N2O5/c1-19(2)18(24)20-14-7-3-4-8-15(14)21(19)16(22)12-26-17(23)10-9-13-6-5-11-25-13/h3-11H,12H2,1-2H3,(H,20,24)/b10-9+. The Morgan fingerprint density at radius 3 is 2.73 bits per heavy atom. The van der Waals surface area contributed by atoms with E-state index in [2.05, 4.69) is 5.32 Å². The van der Waals surface area contributed by atoms with Crippen molar-refractivity contribution < 1.29 is 23.5 Å². The Morgan fingerprint density at radius 2 is 2.00 bits per heavy atom. The number of nitrogens with one attached hydrogen (secondary N) is 1. The molecule has 0 radical (unpaired) electrons. The van der Waals surface area contributed by atoms with E-state index in [1.54, 1.807) is 50.2 Å². The number of amides is 2. The van der Waals surface area contributed by atoms with Crippen LogP contribution in [0.15, 0.2) is 53.2 Å². The largest absolute Gasteiger partial charge is 0.465 e. The molecular weight excluding hydrogens is 336 g/mol. The van der Waals surface area contributed by atoms with Crippen molar-refractivity contribution in [2.75, 3.05) is 16.8 Å². The molecule has 0 bridgehead atoms. The maximum absolute atomic E-state index is 12.7. The number of fused-ring (bicyclic) bond motifs is 1. The molecular formula is C19H18N2O5. The van der Waals surface area contributed by atoms with Gasteiger partial charge in [0.1, 0.15) is 11.3 Å². The van der Waals surface area contributed by atoms with Gasteiger partial charge in [-0.15, -0.1) is 0 Å². The van der Waals surface area contributed by atoms with Crippen LogP contribution in [0, 0.1) is 0 Å². The van der Waals surface area contributed by atoms with Crippen LogP contribution in [0.4, 0.5) is 11.4 Å². The number of ether oxygens (including phenoxy) is 1. The van der Waals surface area contributed by atoms with Crippen molar-refractivity contribution >= 4 is 35.2 Å². The molecule has 0 saturated heterocycles.